The Bertz CT molecular complexity index is 467. The number of phenols is 1. The van der Waals surface area contributed by atoms with E-state index >= 15 is 0 Å². The third-order valence-corrected chi connectivity index (χ3v) is 2.41. The first-order valence-electron chi connectivity index (χ1n) is 5.00. The maximum Gasteiger partial charge on any atom is 0.163 e. The highest BCUT2D eigenvalue weighted by Crippen LogP contribution is 2.22. The van der Waals surface area contributed by atoms with Gasteiger partial charge in [0.15, 0.2) is 5.78 Å². The molecule has 0 radical (unpaired) electrons. The number of Topliss-reactive ketones (excluding diaryl/α,β-unsaturated/α-hetero) is 1. The number of hydrogen-bond acceptors (Lipinski definition) is 3. The summed E-state index contributed by atoms with van der Waals surface area (Å²) >= 11 is 4.06. The molecule has 2 nitrogen and oxygen atoms in total. The average molecular weight is 234 g/mol. The van der Waals surface area contributed by atoms with E-state index in [9.17, 15) is 9.90 Å². The first-order valence-corrected chi connectivity index (χ1v) is 5.63. The van der Waals surface area contributed by atoms with Crippen LogP contribution >= 0.6 is 12.6 Å². The molecule has 0 aliphatic heterocycles. The lowest BCUT2D eigenvalue weighted by Crippen LogP contribution is -1.95. The van der Waals surface area contributed by atoms with Crippen LogP contribution in [-0.2, 0) is 0 Å². The molecule has 0 fully saturated rings. The zero-order valence-corrected chi connectivity index (χ0v) is 10.3. The molecule has 0 spiro atoms. The molecule has 16 heavy (non-hydrogen) atoms. The number of hydrogen-bond donors (Lipinski definition) is 2. The van der Waals surface area contributed by atoms with Gasteiger partial charge in [0.05, 0.1) is 5.56 Å². The molecular formula is C13H14O2S. The molecule has 0 aliphatic carbocycles. The second-order valence-corrected chi connectivity index (χ2v) is 3.96. The minimum Gasteiger partial charge on any atom is -0.507 e. The fourth-order valence-electron chi connectivity index (χ4n) is 1.33. The van der Waals surface area contributed by atoms with Gasteiger partial charge < -0.3 is 5.11 Å². The van der Waals surface area contributed by atoms with Crippen LogP contribution in [0.4, 0.5) is 0 Å². The van der Waals surface area contributed by atoms with Gasteiger partial charge in [0.25, 0.3) is 0 Å². The van der Waals surface area contributed by atoms with Crippen molar-refractivity contribution in [3.8, 4) is 17.6 Å². The molecule has 3 heteroatoms. The van der Waals surface area contributed by atoms with Gasteiger partial charge in [-0.05, 0) is 31.5 Å². The Kier molecular flexibility index (Phi) is 4.45. The summed E-state index contributed by atoms with van der Waals surface area (Å²) in [6, 6.07) is 3.21. The van der Waals surface area contributed by atoms with Crippen LogP contribution in [0.15, 0.2) is 12.1 Å². The summed E-state index contributed by atoms with van der Waals surface area (Å²) in [6.45, 7) is 3.30. The van der Waals surface area contributed by atoms with E-state index in [-0.39, 0.29) is 11.5 Å². The Morgan fingerprint density at radius 2 is 2.19 bits per heavy atom. The molecule has 1 N–H and O–H groups in total. The van der Waals surface area contributed by atoms with E-state index in [0.29, 0.717) is 17.7 Å². The van der Waals surface area contributed by atoms with Crippen molar-refractivity contribution in [3.63, 3.8) is 0 Å². The van der Waals surface area contributed by atoms with Gasteiger partial charge in [0, 0.05) is 17.7 Å². The predicted octanol–water partition coefficient (Wildman–Crippen LogP) is 2.57. The Morgan fingerprint density at radius 1 is 1.50 bits per heavy atom. The van der Waals surface area contributed by atoms with Gasteiger partial charge in [-0.3, -0.25) is 4.79 Å². The SMILES string of the molecule is CC(=O)c1cc(C)c(C#CCCS)cc1O. The minimum absolute atomic E-state index is 0.00623. The van der Waals surface area contributed by atoms with Crippen LogP contribution < -0.4 is 0 Å². The molecule has 0 aliphatic rings. The van der Waals surface area contributed by atoms with Crippen LogP contribution in [0.25, 0.3) is 0 Å². The van der Waals surface area contributed by atoms with E-state index < -0.39 is 0 Å². The van der Waals surface area contributed by atoms with Gasteiger partial charge in [-0.25, -0.2) is 0 Å². The number of aryl methyl sites for hydroxylation is 1. The topological polar surface area (TPSA) is 37.3 Å². The Balaban J connectivity index is 3.12. The first kappa shape index (κ1) is 12.7. The predicted molar refractivity (Wildman–Crippen MR) is 68.2 cm³/mol. The maximum absolute atomic E-state index is 11.2. The van der Waals surface area contributed by atoms with Gasteiger partial charge in [-0.1, -0.05) is 11.8 Å². The van der Waals surface area contributed by atoms with Crippen molar-refractivity contribution in [1.29, 1.82) is 0 Å². The Labute approximate surface area is 101 Å². The van der Waals surface area contributed by atoms with E-state index in [1.807, 2.05) is 6.92 Å². The highest BCUT2D eigenvalue weighted by atomic mass is 32.1. The molecule has 0 unspecified atom stereocenters. The van der Waals surface area contributed by atoms with Gasteiger partial charge in [0.1, 0.15) is 5.75 Å². The third kappa shape index (κ3) is 3.04. The molecule has 84 valence electrons. The van der Waals surface area contributed by atoms with Crippen molar-refractivity contribution in [2.24, 2.45) is 0 Å². The fraction of sp³-hybridized carbons (Fsp3) is 0.308. The maximum atomic E-state index is 11.2. The summed E-state index contributed by atoms with van der Waals surface area (Å²) in [7, 11) is 0. The van der Waals surface area contributed by atoms with Gasteiger partial charge in [-0.2, -0.15) is 12.6 Å². The Hall–Kier alpha value is -1.40. The van der Waals surface area contributed by atoms with Crippen LogP contribution in [0.2, 0.25) is 0 Å². The van der Waals surface area contributed by atoms with Crippen molar-refractivity contribution >= 4 is 18.4 Å². The number of benzene rings is 1. The lowest BCUT2D eigenvalue weighted by molar-refractivity contribution is 0.101. The molecule has 0 amide bonds. The molecule has 0 saturated carbocycles. The monoisotopic (exact) mass is 234 g/mol. The molecule has 1 rings (SSSR count). The number of thiol groups is 1. The summed E-state index contributed by atoms with van der Waals surface area (Å²) in [5.41, 5.74) is 2.00. The second-order valence-electron chi connectivity index (χ2n) is 3.52. The first-order chi connectivity index (χ1) is 7.56. The molecular weight excluding hydrogens is 220 g/mol. The number of rotatable bonds is 2. The zero-order chi connectivity index (χ0) is 12.1. The van der Waals surface area contributed by atoms with Crippen molar-refractivity contribution in [2.75, 3.05) is 5.75 Å². The van der Waals surface area contributed by atoms with Crippen LogP contribution in [0.3, 0.4) is 0 Å². The molecule has 0 aromatic heterocycles. The zero-order valence-electron chi connectivity index (χ0n) is 9.37. The number of ketones is 1. The van der Waals surface area contributed by atoms with Crippen LogP contribution in [0, 0.1) is 18.8 Å². The van der Waals surface area contributed by atoms with Crippen molar-refractivity contribution in [2.45, 2.75) is 20.3 Å². The molecule has 1 aromatic carbocycles. The van der Waals surface area contributed by atoms with E-state index in [1.54, 1.807) is 6.07 Å². The standard InChI is InChI=1S/C13H14O2S/c1-9-7-12(10(2)14)13(15)8-11(9)5-3-4-6-16/h7-8,15-16H,4,6H2,1-2H3. The summed E-state index contributed by atoms with van der Waals surface area (Å²) in [4.78, 5) is 11.2. The number of aromatic hydroxyl groups is 1. The van der Waals surface area contributed by atoms with Crippen LogP contribution in [0.5, 0.6) is 5.75 Å². The summed E-state index contributed by atoms with van der Waals surface area (Å²) < 4.78 is 0. The number of carbonyl (C=O) groups excluding carboxylic acids is 1. The normalized spacial score (nSPS) is 9.44. The molecule has 0 saturated heterocycles. The quantitative estimate of drug-likeness (QED) is 0.469. The summed E-state index contributed by atoms with van der Waals surface area (Å²) in [5, 5.41) is 9.64. The van der Waals surface area contributed by atoms with E-state index in [1.165, 1.54) is 13.0 Å². The molecule has 0 bridgehead atoms. The second kappa shape index (κ2) is 5.62. The van der Waals surface area contributed by atoms with Crippen molar-refractivity contribution in [1.82, 2.24) is 0 Å². The largest absolute Gasteiger partial charge is 0.507 e. The van der Waals surface area contributed by atoms with E-state index in [0.717, 1.165) is 11.1 Å². The molecule has 0 atom stereocenters. The molecule has 1 aromatic rings. The van der Waals surface area contributed by atoms with Gasteiger partial charge >= 0.3 is 0 Å². The smallest absolute Gasteiger partial charge is 0.163 e. The highest BCUT2D eigenvalue weighted by molar-refractivity contribution is 7.80. The van der Waals surface area contributed by atoms with Crippen LogP contribution in [0.1, 0.15) is 34.8 Å². The third-order valence-electron chi connectivity index (χ3n) is 2.18. The lowest BCUT2D eigenvalue weighted by atomic mass is 10.0. The number of phenolic OH excluding ortho intramolecular Hbond substituents is 1. The van der Waals surface area contributed by atoms with Crippen molar-refractivity contribution < 1.29 is 9.90 Å². The summed E-state index contributed by atoms with van der Waals surface area (Å²) in [5.74, 6) is 6.46. The lowest BCUT2D eigenvalue weighted by Gasteiger charge is -2.04. The van der Waals surface area contributed by atoms with E-state index in [2.05, 4.69) is 24.5 Å². The van der Waals surface area contributed by atoms with Gasteiger partial charge in [-0.15, -0.1) is 0 Å². The molecule has 0 heterocycles. The highest BCUT2D eigenvalue weighted by Gasteiger charge is 2.08. The summed E-state index contributed by atoms with van der Waals surface area (Å²) in [6.07, 6.45) is 0.706. The Morgan fingerprint density at radius 3 is 2.75 bits per heavy atom. The van der Waals surface area contributed by atoms with E-state index in [4.69, 9.17) is 0 Å². The minimum atomic E-state index is -0.143. The van der Waals surface area contributed by atoms with Crippen molar-refractivity contribution in [3.05, 3.63) is 28.8 Å². The van der Waals surface area contributed by atoms with Gasteiger partial charge in [0.2, 0.25) is 0 Å². The average Bonchev–Trinajstić information content (AvgIpc) is 2.22. The fourth-order valence-corrected chi connectivity index (χ4v) is 1.44. The number of carbonyl (C=O) groups is 1. The van der Waals surface area contributed by atoms with Crippen LogP contribution in [-0.4, -0.2) is 16.6 Å².